The molecule has 4 nitrogen and oxygen atoms in total. The van der Waals surface area contributed by atoms with Gasteiger partial charge in [-0.3, -0.25) is 4.79 Å². The number of hydrogen-bond acceptors (Lipinski definition) is 3. The molecule has 1 amide bonds. The molecule has 0 saturated carbocycles. The molecule has 0 aliphatic heterocycles. The van der Waals surface area contributed by atoms with E-state index in [0.717, 1.165) is 39.0 Å². The lowest BCUT2D eigenvalue weighted by Crippen LogP contribution is -2.11. The third kappa shape index (κ3) is 3.47. The summed E-state index contributed by atoms with van der Waals surface area (Å²) in [5.74, 6) is 0.453. The molecular formula is C23H20N2O2. The summed E-state index contributed by atoms with van der Waals surface area (Å²) in [5, 5.41) is 2.92. The van der Waals surface area contributed by atoms with Gasteiger partial charge in [0.05, 0.1) is 0 Å². The van der Waals surface area contributed by atoms with Gasteiger partial charge in [0, 0.05) is 16.8 Å². The molecule has 4 heteroatoms. The Morgan fingerprint density at radius 2 is 1.70 bits per heavy atom. The number of carbonyl (C=O) groups is 1. The van der Waals surface area contributed by atoms with E-state index in [0.29, 0.717) is 11.5 Å². The third-order valence-corrected chi connectivity index (χ3v) is 4.49. The van der Waals surface area contributed by atoms with Crippen molar-refractivity contribution in [3.05, 3.63) is 82.9 Å². The van der Waals surface area contributed by atoms with Crippen molar-refractivity contribution in [2.45, 2.75) is 20.8 Å². The van der Waals surface area contributed by atoms with Gasteiger partial charge in [0.25, 0.3) is 5.91 Å². The number of nitrogens with zero attached hydrogens (tertiary/aromatic N) is 1. The number of carbonyl (C=O) groups excluding carboxylic acids is 1. The normalized spacial score (nSPS) is 10.9. The van der Waals surface area contributed by atoms with Crippen LogP contribution >= 0.6 is 0 Å². The predicted molar refractivity (Wildman–Crippen MR) is 108 cm³/mol. The molecule has 0 aliphatic carbocycles. The summed E-state index contributed by atoms with van der Waals surface area (Å²) in [5.41, 5.74) is 7.21. The molecule has 0 saturated heterocycles. The largest absolute Gasteiger partial charge is 0.436 e. The second-order valence-electron chi connectivity index (χ2n) is 6.85. The van der Waals surface area contributed by atoms with E-state index in [1.54, 1.807) is 6.07 Å². The number of rotatable bonds is 3. The maximum absolute atomic E-state index is 12.4. The van der Waals surface area contributed by atoms with Crippen LogP contribution in [0.2, 0.25) is 0 Å². The van der Waals surface area contributed by atoms with Gasteiger partial charge in [0.2, 0.25) is 5.89 Å². The van der Waals surface area contributed by atoms with Crippen molar-refractivity contribution >= 4 is 22.7 Å². The van der Waals surface area contributed by atoms with Gasteiger partial charge in [-0.05, 0) is 74.4 Å². The number of nitrogens with one attached hydrogen (secondary N) is 1. The highest BCUT2D eigenvalue weighted by Crippen LogP contribution is 2.28. The smallest absolute Gasteiger partial charge is 0.255 e. The Morgan fingerprint density at radius 1 is 0.926 bits per heavy atom. The van der Waals surface area contributed by atoms with Crippen LogP contribution in [0.25, 0.3) is 22.6 Å². The molecule has 4 aromatic rings. The van der Waals surface area contributed by atoms with E-state index in [2.05, 4.69) is 16.4 Å². The van der Waals surface area contributed by atoms with Gasteiger partial charge in [-0.15, -0.1) is 0 Å². The average molecular weight is 356 g/mol. The van der Waals surface area contributed by atoms with Crippen LogP contribution in [-0.4, -0.2) is 10.9 Å². The molecule has 1 N–H and O–H groups in total. The van der Waals surface area contributed by atoms with Crippen molar-refractivity contribution in [1.29, 1.82) is 0 Å². The minimum Gasteiger partial charge on any atom is -0.436 e. The molecule has 1 aromatic heterocycles. The van der Waals surface area contributed by atoms with Gasteiger partial charge in [0.15, 0.2) is 5.58 Å². The molecule has 27 heavy (non-hydrogen) atoms. The topological polar surface area (TPSA) is 55.1 Å². The highest BCUT2D eigenvalue weighted by atomic mass is 16.3. The number of hydrogen-bond donors (Lipinski definition) is 1. The standard InChI is InChI=1S/C23H20N2O2/c1-14-5-4-6-18(12-14)22(26)24-19-9-7-17(8-10-19)23-25-20-13-15(2)11-16(3)21(20)27-23/h4-13H,1-3H3,(H,24,26). The zero-order valence-corrected chi connectivity index (χ0v) is 15.5. The molecule has 0 aliphatic rings. The van der Waals surface area contributed by atoms with Crippen LogP contribution in [0.5, 0.6) is 0 Å². The van der Waals surface area contributed by atoms with Gasteiger partial charge in [-0.1, -0.05) is 23.8 Å². The van der Waals surface area contributed by atoms with Crippen LogP contribution < -0.4 is 5.32 Å². The minimum absolute atomic E-state index is 0.126. The predicted octanol–water partition coefficient (Wildman–Crippen LogP) is 5.67. The van der Waals surface area contributed by atoms with E-state index >= 15 is 0 Å². The third-order valence-electron chi connectivity index (χ3n) is 4.49. The average Bonchev–Trinajstić information content (AvgIpc) is 3.06. The summed E-state index contributed by atoms with van der Waals surface area (Å²) in [6, 6.07) is 19.1. The highest BCUT2D eigenvalue weighted by Gasteiger charge is 2.11. The summed E-state index contributed by atoms with van der Waals surface area (Å²) in [4.78, 5) is 17.0. The van der Waals surface area contributed by atoms with E-state index in [1.165, 1.54) is 0 Å². The van der Waals surface area contributed by atoms with Crippen molar-refractivity contribution in [1.82, 2.24) is 4.98 Å². The van der Waals surface area contributed by atoms with E-state index in [9.17, 15) is 4.79 Å². The van der Waals surface area contributed by atoms with Crippen LogP contribution in [0, 0.1) is 20.8 Å². The maximum Gasteiger partial charge on any atom is 0.255 e. The quantitative estimate of drug-likeness (QED) is 0.514. The molecule has 1 heterocycles. The summed E-state index contributed by atoms with van der Waals surface area (Å²) in [6.07, 6.45) is 0. The fourth-order valence-electron chi connectivity index (χ4n) is 3.19. The molecule has 0 bridgehead atoms. The van der Waals surface area contributed by atoms with Crippen molar-refractivity contribution in [3.63, 3.8) is 0 Å². The summed E-state index contributed by atoms with van der Waals surface area (Å²) >= 11 is 0. The van der Waals surface area contributed by atoms with Crippen LogP contribution in [0.15, 0.2) is 65.1 Å². The lowest BCUT2D eigenvalue weighted by molar-refractivity contribution is 0.102. The number of oxazole rings is 1. The molecule has 0 unspecified atom stereocenters. The maximum atomic E-state index is 12.4. The number of aryl methyl sites for hydroxylation is 3. The Balaban J connectivity index is 1.57. The lowest BCUT2D eigenvalue weighted by atomic mass is 10.1. The van der Waals surface area contributed by atoms with Gasteiger partial charge >= 0.3 is 0 Å². The number of fused-ring (bicyclic) bond motifs is 1. The van der Waals surface area contributed by atoms with E-state index in [1.807, 2.05) is 69.3 Å². The lowest BCUT2D eigenvalue weighted by Gasteiger charge is -2.06. The zero-order valence-electron chi connectivity index (χ0n) is 15.5. The first-order valence-corrected chi connectivity index (χ1v) is 8.86. The Kier molecular flexibility index (Phi) is 4.24. The van der Waals surface area contributed by atoms with E-state index in [4.69, 9.17) is 4.42 Å². The SMILES string of the molecule is Cc1cccc(C(=O)Nc2ccc(-c3nc4cc(C)cc(C)c4o3)cc2)c1. The van der Waals surface area contributed by atoms with Crippen LogP contribution in [-0.2, 0) is 0 Å². The molecule has 134 valence electrons. The molecule has 0 radical (unpaired) electrons. The molecule has 0 spiro atoms. The van der Waals surface area contributed by atoms with Gasteiger partial charge in [-0.25, -0.2) is 4.98 Å². The van der Waals surface area contributed by atoms with Crippen molar-refractivity contribution in [2.75, 3.05) is 5.32 Å². The number of aromatic nitrogens is 1. The first kappa shape index (κ1) is 17.0. The van der Waals surface area contributed by atoms with Gasteiger partial charge < -0.3 is 9.73 Å². The Bertz CT molecular complexity index is 1140. The van der Waals surface area contributed by atoms with Crippen LogP contribution in [0.3, 0.4) is 0 Å². The highest BCUT2D eigenvalue weighted by molar-refractivity contribution is 6.04. The van der Waals surface area contributed by atoms with Crippen molar-refractivity contribution in [2.24, 2.45) is 0 Å². The second-order valence-corrected chi connectivity index (χ2v) is 6.85. The number of benzene rings is 3. The molecule has 4 rings (SSSR count). The number of amides is 1. The first-order valence-electron chi connectivity index (χ1n) is 8.86. The van der Waals surface area contributed by atoms with Gasteiger partial charge in [0.1, 0.15) is 5.52 Å². The van der Waals surface area contributed by atoms with Crippen molar-refractivity contribution in [3.8, 4) is 11.5 Å². The van der Waals surface area contributed by atoms with Gasteiger partial charge in [-0.2, -0.15) is 0 Å². The molecular weight excluding hydrogens is 336 g/mol. The monoisotopic (exact) mass is 356 g/mol. The first-order chi connectivity index (χ1) is 13.0. The summed E-state index contributed by atoms with van der Waals surface area (Å²) in [7, 11) is 0. The van der Waals surface area contributed by atoms with Crippen LogP contribution in [0.4, 0.5) is 5.69 Å². The zero-order chi connectivity index (χ0) is 19.0. The molecule has 0 atom stereocenters. The molecule has 0 fully saturated rings. The second kappa shape index (κ2) is 6.72. The Morgan fingerprint density at radius 3 is 2.44 bits per heavy atom. The summed E-state index contributed by atoms with van der Waals surface area (Å²) < 4.78 is 5.94. The molecule has 3 aromatic carbocycles. The Hall–Kier alpha value is -3.40. The Labute approximate surface area is 157 Å². The van der Waals surface area contributed by atoms with E-state index in [-0.39, 0.29) is 5.91 Å². The minimum atomic E-state index is -0.126. The number of anilines is 1. The van der Waals surface area contributed by atoms with Crippen LogP contribution in [0.1, 0.15) is 27.0 Å². The fourth-order valence-corrected chi connectivity index (χ4v) is 3.19. The van der Waals surface area contributed by atoms with Crippen molar-refractivity contribution < 1.29 is 9.21 Å². The summed E-state index contributed by atoms with van der Waals surface area (Å²) in [6.45, 7) is 6.04. The van der Waals surface area contributed by atoms with E-state index < -0.39 is 0 Å². The fraction of sp³-hybridized carbons (Fsp3) is 0.130.